The number of carbonyl (C=O) groups is 1. The van der Waals surface area contributed by atoms with Gasteiger partial charge in [0.05, 0.1) is 12.2 Å². The molecule has 0 heterocycles. The van der Waals surface area contributed by atoms with Crippen LogP contribution in [0.15, 0.2) is 0 Å². The molecule has 176 valence electrons. The first kappa shape index (κ1) is 25.8. The van der Waals surface area contributed by atoms with Gasteiger partial charge in [0.15, 0.2) is 0 Å². The molecule has 0 saturated heterocycles. The van der Waals surface area contributed by atoms with E-state index in [2.05, 4.69) is 27.7 Å². The lowest BCUT2D eigenvalue weighted by Gasteiger charge is -2.30. The van der Waals surface area contributed by atoms with E-state index in [9.17, 15) is 15.0 Å². The molecule has 3 heteroatoms. The minimum atomic E-state index is -0.615. The van der Waals surface area contributed by atoms with E-state index in [1.54, 1.807) is 0 Å². The monoisotopic (exact) mass is 422 g/mol. The highest BCUT2D eigenvalue weighted by Gasteiger charge is 2.29. The van der Waals surface area contributed by atoms with E-state index in [1.165, 1.54) is 38.5 Å². The Morgan fingerprint density at radius 1 is 0.933 bits per heavy atom. The molecular formula is C27H50O3. The topological polar surface area (TPSA) is 57.5 Å². The Morgan fingerprint density at radius 3 is 2.27 bits per heavy atom. The normalized spacial score (nSPS) is 31.7. The molecule has 2 rings (SSSR count). The van der Waals surface area contributed by atoms with Crippen molar-refractivity contribution in [2.45, 2.75) is 130 Å². The summed E-state index contributed by atoms with van der Waals surface area (Å²) in [5, 5.41) is 21.0. The highest BCUT2D eigenvalue weighted by Crippen LogP contribution is 2.34. The Kier molecular flexibility index (Phi) is 11.4. The number of aliphatic hydroxyl groups is 2. The molecule has 0 aromatic rings. The van der Waals surface area contributed by atoms with Crippen LogP contribution in [0.25, 0.3) is 0 Å². The number of hydrogen-bond acceptors (Lipinski definition) is 3. The van der Waals surface area contributed by atoms with Gasteiger partial charge in [-0.2, -0.15) is 0 Å². The standard InChI is InChI=1S/C27H50O3/c1-5-21(4)24(18-26(29)23-14-12-19(2)13-15-23)10-7-11-25(28)27(30)17-22-9-6-8-20(3)16-22/h19-25,27-28,30H,5-18H2,1-4H3/t19?,20?,21?,22?,23?,24?,25-,27?/m1/s1. The Morgan fingerprint density at radius 2 is 1.63 bits per heavy atom. The Labute approximate surface area is 186 Å². The van der Waals surface area contributed by atoms with Crippen LogP contribution in [0.2, 0.25) is 0 Å². The first-order valence-corrected chi connectivity index (χ1v) is 13.2. The summed E-state index contributed by atoms with van der Waals surface area (Å²) in [5.74, 6) is 3.85. The molecule has 2 saturated carbocycles. The van der Waals surface area contributed by atoms with Crippen molar-refractivity contribution >= 4 is 5.78 Å². The third-order valence-electron chi connectivity index (χ3n) is 8.52. The molecule has 0 radical (unpaired) electrons. The summed E-state index contributed by atoms with van der Waals surface area (Å²) < 4.78 is 0. The maximum Gasteiger partial charge on any atom is 0.136 e. The fourth-order valence-corrected chi connectivity index (χ4v) is 5.98. The molecule has 0 spiro atoms. The SMILES string of the molecule is CCC(C)C(CCC[C@@H](O)C(O)CC1CCCC(C)C1)CC(=O)C1CCC(C)CC1. The first-order chi connectivity index (χ1) is 14.3. The smallest absolute Gasteiger partial charge is 0.136 e. The molecule has 2 fully saturated rings. The van der Waals surface area contributed by atoms with E-state index in [-0.39, 0.29) is 5.92 Å². The van der Waals surface area contributed by atoms with E-state index in [1.807, 2.05) is 0 Å². The van der Waals surface area contributed by atoms with Crippen LogP contribution in [0, 0.1) is 35.5 Å². The molecule has 30 heavy (non-hydrogen) atoms. The van der Waals surface area contributed by atoms with E-state index < -0.39 is 12.2 Å². The van der Waals surface area contributed by atoms with Crippen molar-refractivity contribution in [3.8, 4) is 0 Å². The van der Waals surface area contributed by atoms with Crippen molar-refractivity contribution in [2.24, 2.45) is 35.5 Å². The molecule has 5 unspecified atom stereocenters. The number of carbonyl (C=O) groups excluding carboxylic acids is 1. The summed E-state index contributed by atoms with van der Waals surface area (Å²) in [5.41, 5.74) is 0. The van der Waals surface area contributed by atoms with Gasteiger partial charge in [0, 0.05) is 12.3 Å². The maximum absolute atomic E-state index is 12.9. The van der Waals surface area contributed by atoms with Crippen LogP contribution in [0.5, 0.6) is 0 Å². The van der Waals surface area contributed by atoms with Crippen molar-refractivity contribution in [2.75, 3.05) is 0 Å². The highest BCUT2D eigenvalue weighted by molar-refractivity contribution is 5.81. The minimum absolute atomic E-state index is 0.290. The van der Waals surface area contributed by atoms with Crippen molar-refractivity contribution in [3.63, 3.8) is 0 Å². The predicted octanol–water partition coefficient (Wildman–Crippen LogP) is 6.54. The zero-order valence-electron chi connectivity index (χ0n) is 20.3. The molecule has 2 aliphatic rings. The van der Waals surface area contributed by atoms with Crippen molar-refractivity contribution in [3.05, 3.63) is 0 Å². The molecule has 0 aliphatic heterocycles. The molecule has 0 aromatic heterocycles. The van der Waals surface area contributed by atoms with E-state index in [4.69, 9.17) is 0 Å². The summed E-state index contributed by atoms with van der Waals surface area (Å²) in [6.07, 6.45) is 13.5. The summed E-state index contributed by atoms with van der Waals surface area (Å²) in [6.45, 7) is 9.10. The molecule has 0 amide bonds. The van der Waals surface area contributed by atoms with Crippen LogP contribution in [0.3, 0.4) is 0 Å². The van der Waals surface area contributed by atoms with Gasteiger partial charge in [-0.25, -0.2) is 0 Å². The quantitative estimate of drug-likeness (QED) is 0.375. The summed E-state index contributed by atoms with van der Waals surface area (Å²) in [6, 6.07) is 0. The molecule has 6 atom stereocenters. The third-order valence-corrected chi connectivity index (χ3v) is 8.52. The fraction of sp³-hybridized carbons (Fsp3) is 0.963. The molecule has 0 bridgehead atoms. The average Bonchev–Trinajstić information content (AvgIpc) is 2.72. The lowest BCUT2D eigenvalue weighted by atomic mass is 9.76. The number of hydrogen-bond donors (Lipinski definition) is 2. The number of aliphatic hydroxyl groups excluding tert-OH is 2. The van der Waals surface area contributed by atoms with Crippen LogP contribution in [-0.2, 0) is 4.79 Å². The van der Waals surface area contributed by atoms with Crippen LogP contribution in [-0.4, -0.2) is 28.2 Å². The van der Waals surface area contributed by atoms with Gasteiger partial charge in [0.25, 0.3) is 0 Å². The van der Waals surface area contributed by atoms with E-state index >= 15 is 0 Å². The van der Waals surface area contributed by atoms with Gasteiger partial charge < -0.3 is 10.2 Å². The number of rotatable bonds is 12. The zero-order valence-corrected chi connectivity index (χ0v) is 20.3. The van der Waals surface area contributed by atoms with Crippen molar-refractivity contribution in [1.29, 1.82) is 0 Å². The van der Waals surface area contributed by atoms with Gasteiger partial charge in [-0.05, 0) is 68.1 Å². The Balaban J connectivity index is 1.74. The van der Waals surface area contributed by atoms with Crippen LogP contribution in [0.4, 0.5) is 0 Å². The number of Topliss-reactive ketones (excluding diaryl/α,β-unsaturated/α-hetero) is 1. The van der Waals surface area contributed by atoms with E-state index in [0.717, 1.165) is 50.4 Å². The second kappa shape index (κ2) is 13.2. The lowest BCUT2D eigenvalue weighted by molar-refractivity contribution is -0.125. The molecule has 3 nitrogen and oxygen atoms in total. The van der Waals surface area contributed by atoms with Crippen LogP contribution < -0.4 is 0 Å². The largest absolute Gasteiger partial charge is 0.390 e. The van der Waals surface area contributed by atoms with Crippen molar-refractivity contribution in [1.82, 2.24) is 0 Å². The molecule has 0 aromatic carbocycles. The second-order valence-corrected chi connectivity index (χ2v) is 11.2. The fourth-order valence-electron chi connectivity index (χ4n) is 5.98. The summed E-state index contributed by atoms with van der Waals surface area (Å²) in [7, 11) is 0. The van der Waals surface area contributed by atoms with Gasteiger partial charge in [0.2, 0.25) is 0 Å². The van der Waals surface area contributed by atoms with Gasteiger partial charge in [-0.1, -0.05) is 72.6 Å². The predicted molar refractivity (Wildman–Crippen MR) is 125 cm³/mol. The van der Waals surface area contributed by atoms with Crippen LogP contribution in [0.1, 0.15) is 118 Å². The van der Waals surface area contributed by atoms with E-state index in [0.29, 0.717) is 36.4 Å². The summed E-state index contributed by atoms with van der Waals surface area (Å²) >= 11 is 0. The number of ketones is 1. The lowest BCUT2D eigenvalue weighted by Crippen LogP contribution is -2.30. The Hall–Kier alpha value is -0.410. The maximum atomic E-state index is 12.9. The molecule has 2 N–H and O–H groups in total. The van der Waals surface area contributed by atoms with Gasteiger partial charge in [0.1, 0.15) is 5.78 Å². The molecular weight excluding hydrogens is 372 g/mol. The Bertz CT molecular complexity index is 482. The van der Waals surface area contributed by atoms with Crippen LogP contribution >= 0.6 is 0 Å². The zero-order chi connectivity index (χ0) is 22.1. The molecule has 2 aliphatic carbocycles. The van der Waals surface area contributed by atoms with Crippen molar-refractivity contribution < 1.29 is 15.0 Å². The second-order valence-electron chi connectivity index (χ2n) is 11.2. The van der Waals surface area contributed by atoms with Gasteiger partial charge in [-0.15, -0.1) is 0 Å². The van der Waals surface area contributed by atoms with Gasteiger partial charge >= 0.3 is 0 Å². The minimum Gasteiger partial charge on any atom is -0.390 e. The highest BCUT2D eigenvalue weighted by atomic mass is 16.3. The summed E-state index contributed by atoms with van der Waals surface area (Å²) in [4.78, 5) is 12.9. The van der Waals surface area contributed by atoms with Gasteiger partial charge in [-0.3, -0.25) is 4.79 Å². The third kappa shape index (κ3) is 8.61. The average molecular weight is 423 g/mol. The first-order valence-electron chi connectivity index (χ1n) is 13.2.